The van der Waals surface area contributed by atoms with Crippen LogP contribution in [-0.2, 0) is 4.74 Å². The van der Waals surface area contributed by atoms with Crippen LogP contribution >= 0.6 is 0 Å². The number of rotatable bonds is 4. The molecular formula is C25H21BN2O3. The van der Waals surface area contributed by atoms with Crippen LogP contribution < -0.4 is 20.7 Å². The summed E-state index contributed by atoms with van der Waals surface area (Å²) in [4.78, 5) is 11.7. The van der Waals surface area contributed by atoms with Crippen LogP contribution in [-0.4, -0.2) is 27.2 Å². The fourth-order valence-electron chi connectivity index (χ4n) is 4.14. The predicted molar refractivity (Wildman–Crippen MR) is 126 cm³/mol. The molecule has 0 atom stereocenters. The molecule has 6 heteroatoms. The number of nitrogens with one attached hydrogen (secondary N) is 2. The van der Waals surface area contributed by atoms with Gasteiger partial charge in [0.15, 0.2) is 0 Å². The molecule has 0 saturated heterocycles. The van der Waals surface area contributed by atoms with Crippen LogP contribution in [0.25, 0.3) is 21.9 Å². The first-order chi connectivity index (χ1) is 15.2. The van der Waals surface area contributed by atoms with E-state index in [-0.39, 0.29) is 13.0 Å². The van der Waals surface area contributed by atoms with Gasteiger partial charge in [-0.3, -0.25) is 0 Å². The fourth-order valence-corrected chi connectivity index (χ4v) is 4.14. The van der Waals surface area contributed by atoms with Crippen molar-refractivity contribution in [3.63, 3.8) is 0 Å². The SMILES string of the molecule is COC(=O)c1ccc(-c2ccc(OC)c(B3Nc4cccc5cccc(c45)N3)c2)cc1. The fraction of sp³-hybridized carbons (Fsp3) is 0.0800. The second kappa shape index (κ2) is 7.72. The van der Waals surface area contributed by atoms with Gasteiger partial charge in [0.25, 0.3) is 0 Å². The zero-order chi connectivity index (χ0) is 21.4. The largest absolute Gasteiger partial charge is 0.497 e. The van der Waals surface area contributed by atoms with Crippen LogP contribution in [0, 0.1) is 0 Å². The number of carbonyl (C=O) groups is 1. The summed E-state index contributed by atoms with van der Waals surface area (Å²) in [5, 5.41) is 9.60. The van der Waals surface area contributed by atoms with Gasteiger partial charge in [0, 0.05) is 22.2 Å². The van der Waals surface area contributed by atoms with E-state index in [2.05, 4.69) is 52.9 Å². The average Bonchev–Trinajstić information content (AvgIpc) is 2.83. The summed E-state index contributed by atoms with van der Waals surface area (Å²) >= 11 is 0. The van der Waals surface area contributed by atoms with E-state index in [1.807, 2.05) is 24.3 Å². The van der Waals surface area contributed by atoms with Crippen molar-refractivity contribution < 1.29 is 14.3 Å². The molecule has 0 spiro atoms. The minimum atomic E-state index is -0.342. The maximum absolute atomic E-state index is 11.7. The van der Waals surface area contributed by atoms with Gasteiger partial charge in [-0.15, -0.1) is 0 Å². The highest BCUT2D eigenvalue weighted by Crippen LogP contribution is 2.34. The summed E-state index contributed by atoms with van der Waals surface area (Å²) in [7, 11) is 3.07. The zero-order valence-electron chi connectivity index (χ0n) is 17.3. The molecule has 0 amide bonds. The Morgan fingerprint density at radius 1 is 0.806 bits per heavy atom. The molecule has 5 nitrogen and oxygen atoms in total. The summed E-state index contributed by atoms with van der Waals surface area (Å²) in [5.74, 6) is 0.455. The van der Waals surface area contributed by atoms with Gasteiger partial charge in [0.05, 0.1) is 19.8 Å². The third kappa shape index (κ3) is 3.36. The van der Waals surface area contributed by atoms with Gasteiger partial charge >= 0.3 is 13.0 Å². The lowest BCUT2D eigenvalue weighted by Crippen LogP contribution is -2.48. The zero-order valence-corrected chi connectivity index (χ0v) is 17.3. The first-order valence-electron chi connectivity index (χ1n) is 10.1. The van der Waals surface area contributed by atoms with E-state index >= 15 is 0 Å². The smallest absolute Gasteiger partial charge is 0.409 e. The molecule has 2 N–H and O–H groups in total. The number of methoxy groups -OCH3 is 2. The first kappa shape index (κ1) is 19.1. The van der Waals surface area contributed by atoms with Gasteiger partial charge in [-0.05, 0) is 46.8 Å². The molecule has 0 radical (unpaired) electrons. The van der Waals surface area contributed by atoms with E-state index in [1.165, 1.54) is 17.9 Å². The Morgan fingerprint density at radius 3 is 2.06 bits per heavy atom. The molecule has 1 aliphatic heterocycles. The number of hydrogen-bond acceptors (Lipinski definition) is 5. The van der Waals surface area contributed by atoms with Crippen LogP contribution in [0.5, 0.6) is 5.75 Å². The molecule has 0 saturated carbocycles. The lowest BCUT2D eigenvalue weighted by molar-refractivity contribution is 0.0601. The maximum Gasteiger partial charge on any atom is 0.409 e. The van der Waals surface area contributed by atoms with Crippen molar-refractivity contribution in [3.8, 4) is 16.9 Å². The van der Waals surface area contributed by atoms with Crippen molar-refractivity contribution >= 4 is 40.6 Å². The predicted octanol–water partition coefficient (Wildman–Crippen LogP) is 4.53. The van der Waals surface area contributed by atoms with Gasteiger partial charge in [-0.2, -0.15) is 0 Å². The second-order valence-corrected chi connectivity index (χ2v) is 7.46. The van der Waals surface area contributed by atoms with Gasteiger partial charge in [-0.25, -0.2) is 4.79 Å². The minimum Gasteiger partial charge on any atom is -0.497 e. The Kier molecular flexibility index (Phi) is 4.75. The molecular weight excluding hydrogens is 387 g/mol. The molecule has 0 unspecified atom stereocenters. The highest BCUT2D eigenvalue weighted by Gasteiger charge is 2.28. The average molecular weight is 408 g/mol. The number of ether oxygens (including phenoxy) is 2. The number of esters is 1. The van der Waals surface area contributed by atoms with Crippen molar-refractivity contribution in [1.82, 2.24) is 0 Å². The third-order valence-corrected chi connectivity index (χ3v) is 5.68. The highest BCUT2D eigenvalue weighted by atomic mass is 16.5. The van der Waals surface area contributed by atoms with E-state index in [1.54, 1.807) is 19.2 Å². The summed E-state index contributed by atoms with van der Waals surface area (Å²) in [5.41, 5.74) is 5.75. The van der Waals surface area contributed by atoms with Crippen molar-refractivity contribution in [2.75, 3.05) is 24.7 Å². The van der Waals surface area contributed by atoms with Gasteiger partial charge in [0.2, 0.25) is 0 Å². The first-order valence-corrected chi connectivity index (χ1v) is 10.1. The summed E-state index contributed by atoms with van der Waals surface area (Å²) in [6.45, 7) is -0.148. The molecule has 0 fully saturated rings. The van der Waals surface area contributed by atoms with Gasteiger partial charge in [-0.1, -0.05) is 48.5 Å². The summed E-state index contributed by atoms with van der Waals surface area (Å²) < 4.78 is 10.5. The molecule has 5 rings (SSSR count). The lowest BCUT2D eigenvalue weighted by Gasteiger charge is -2.28. The van der Waals surface area contributed by atoms with E-state index in [9.17, 15) is 4.79 Å². The maximum atomic E-state index is 11.7. The quantitative estimate of drug-likeness (QED) is 0.384. The van der Waals surface area contributed by atoms with Crippen molar-refractivity contribution in [3.05, 3.63) is 84.4 Å². The Hall–Kier alpha value is -3.93. The lowest BCUT2D eigenvalue weighted by atomic mass is 9.65. The number of anilines is 2. The molecule has 1 heterocycles. The molecule has 0 aliphatic carbocycles. The Labute approximate surface area is 181 Å². The molecule has 0 aromatic heterocycles. The Morgan fingerprint density at radius 2 is 1.45 bits per heavy atom. The van der Waals surface area contributed by atoms with E-state index in [0.717, 1.165) is 33.7 Å². The Bertz CT molecular complexity index is 1250. The standard InChI is InChI=1S/C25H21BN2O3/c1-30-23-14-13-19(16-9-11-18(12-10-16)25(29)31-2)15-20(23)26-27-21-7-3-5-17-6-4-8-22(28-26)24(17)21/h3-15,27-28H,1-2H3. The van der Waals surface area contributed by atoms with Crippen LogP contribution in [0.15, 0.2) is 78.9 Å². The number of hydrogen-bond donors (Lipinski definition) is 2. The van der Waals surface area contributed by atoms with E-state index in [4.69, 9.17) is 9.47 Å². The van der Waals surface area contributed by atoms with Crippen molar-refractivity contribution in [1.29, 1.82) is 0 Å². The third-order valence-electron chi connectivity index (χ3n) is 5.68. The molecule has 31 heavy (non-hydrogen) atoms. The van der Waals surface area contributed by atoms with Crippen LogP contribution in [0.2, 0.25) is 0 Å². The molecule has 4 aromatic rings. The molecule has 1 aliphatic rings. The van der Waals surface area contributed by atoms with Gasteiger partial charge in [0.1, 0.15) is 5.75 Å². The number of benzene rings is 4. The van der Waals surface area contributed by atoms with Crippen LogP contribution in [0.1, 0.15) is 10.4 Å². The van der Waals surface area contributed by atoms with Crippen LogP contribution in [0.4, 0.5) is 11.4 Å². The second-order valence-electron chi connectivity index (χ2n) is 7.46. The minimum absolute atomic E-state index is 0.148. The highest BCUT2D eigenvalue weighted by molar-refractivity contribution is 6.81. The number of carbonyl (C=O) groups excluding carboxylic acids is 1. The summed E-state index contributed by atoms with van der Waals surface area (Å²) in [6.07, 6.45) is 0. The monoisotopic (exact) mass is 408 g/mol. The van der Waals surface area contributed by atoms with E-state index < -0.39 is 0 Å². The van der Waals surface area contributed by atoms with Crippen molar-refractivity contribution in [2.45, 2.75) is 0 Å². The Balaban J connectivity index is 1.53. The van der Waals surface area contributed by atoms with Crippen LogP contribution in [0.3, 0.4) is 0 Å². The topological polar surface area (TPSA) is 59.6 Å². The van der Waals surface area contributed by atoms with Gasteiger partial charge < -0.3 is 19.9 Å². The molecule has 152 valence electrons. The normalized spacial score (nSPS) is 12.1. The summed E-state index contributed by atoms with van der Waals surface area (Å²) in [6, 6.07) is 26.1. The van der Waals surface area contributed by atoms with E-state index in [0.29, 0.717) is 5.56 Å². The van der Waals surface area contributed by atoms with Crippen molar-refractivity contribution in [2.24, 2.45) is 0 Å². The molecule has 0 bridgehead atoms. The molecule has 4 aromatic carbocycles.